The van der Waals surface area contributed by atoms with Crippen molar-refractivity contribution in [3.05, 3.63) is 93.3 Å². The fourth-order valence-corrected chi connectivity index (χ4v) is 5.42. The molecule has 1 N–H and O–H groups in total. The highest BCUT2D eigenvalue weighted by molar-refractivity contribution is 5.77. The summed E-state index contributed by atoms with van der Waals surface area (Å²) in [6.07, 6.45) is -3.97. The number of aliphatic hydroxyl groups is 1. The van der Waals surface area contributed by atoms with Gasteiger partial charge in [0.2, 0.25) is 0 Å². The van der Waals surface area contributed by atoms with Crippen LogP contribution >= 0.6 is 0 Å². The van der Waals surface area contributed by atoms with E-state index in [4.69, 9.17) is 0 Å². The van der Waals surface area contributed by atoms with Gasteiger partial charge in [-0.15, -0.1) is 0 Å². The van der Waals surface area contributed by atoms with Gasteiger partial charge in [0.15, 0.2) is 0 Å². The van der Waals surface area contributed by atoms with E-state index in [-0.39, 0.29) is 40.7 Å². The Balaban J connectivity index is 1.77. The SMILES string of the molecule is N#Cc1ccccc1-c1ccc([C@H]2CC[C@H](F)c3cc(F)cc(C#N)c32)c2c1[C@H](O)C(F)(F)C2. The highest BCUT2D eigenvalue weighted by Gasteiger charge is 2.50. The Morgan fingerprint density at radius 2 is 1.62 bits per heavy atom. The molecule has 2 aliphatic carbocycles. The highest BCUT2D eigenvalue weighted by Crippen LogP contribution is 2.53. The molecule has 0 aliphatic heterocycles. The third-order valence-corrected chi connectivity index (χ3v) is 6.88. The van der Waals surface area contributed by atoms with Crippen molar-refractivity contribution in [3.63, 3.8) is 0 Å². The molecule has 0 unspecified atom stereocenters. The molecule has 0 spiro atoms. The van der Waals surface area contributed by atoms with E-state index in [1.165, 1.54) is 0 Å². The molecule has 3 nitrogen and oxygen atoms in total. The summed E-state index contributed by atoms with van der Waals surface area (Å²) in [6.45, 7) is 0. The second-order valence-electron chi connectivity index (χ2n) is 8.76. The molecule has 2 aliphatic rings. The van der Waals surface area contributed by atoms with Crippen molar-refractivity contribution in [2.75, 3.05) is 0 Å². The standard InChI is InChI=1S/C27H18F4N2O/c28-16-9-15(13-33)24-20(7-8-23(29)21(24)10-16)18-5-6-19(17-4-2-1-3-14(17)12-32)25-22(18)11-27(30,31)26(25)34/h1-6,9-10,20,23,26,34H,7-8,11H2/t20-,23+,26+/m1/s1. The molecule has 3 atom stereocenters. The van der Waals surface area contributed by atoms with E-state index >= 15 is 0 Å². The summed E-state index contributed by atoms with van der Waals surface area (Å²) >= 11 is 0. The Hall–Kier alpha value is -3.68. The minimum atomic E-state index is -3.43. The van der Waals surface area contributed by atoms with E-state index in [0.717, 1.165) is 12.1 Å². The quantitative estimate of drug-likeness (QED) is 0.448. The number of hydrogen-bond donors (Lipinski definition) is 1. The van der Waals surface area contributed by atoms with Gasteiger partial charge in [0.25, 0.3) is 5.92 Å². The van der Waals surface area contributed by atoms with Crippen LogP contribution < -0.4 is 0 Å². The first-order valence-corrected chi connectivity index (χ1v) is 10.9. The van der Waals surface area contributed by atoms with Crippen molar-refractivity contribution < 1.29 is 22.7 Å². The molecular formula is C27H18F4N2O. The number of fused-ring (bicyclic) bond motifs is 2. The molecule has 7 heteroatoms. The predicted octanol–water partition coefficient (Wildman–Crippen LogP) is 6.40. The Labute approximate surface area is 193 Å². The fourth-order valence-electron chi connectivity index (χ4n) is 5.42. The van der Waals surface area contributed by atoms with Crippen LogP contribution in [0.4, 0.5) is 17.6 Å². The summed E-state index contributed by atoms with van der Waals surface area (Å²) < 4.78 is 58.4. The van der Waals surface area contributed by atoms with Crippen LogP contribution in [-0.4, -0.2) is 11.0 Å². The highest BCUT2D eigenvalue weighted by atomic mass is 19.3. The molecule has 5 rings (SSSR count). The third kappa shape index (κ3) is 3.28. The summed E-state index contributed by atoms with van der Waals surface area (Å²) in [5, 5.41) is 29.7. The number of aliphatic hydroxyl groups excluding tert-OH is 1. The molecular weight excluding hydrogens is 444 g/mol. The maximum absolute atomic E-state index is 14.8. The molecule has 3 aromatic rings. The van der Waals surface area contributed by atoms with Gasteiger partial charge < -0.3 is 5.11 Å². The zero-order valence-electron chi connectivity index (χ0n) is 17.8. The molecule has 0 amide bonds. The summed E-state index contributed by atoms with van der Waals surface area (Å²) in [4.78, 5) is 0. The van der Waals surface area contributed by atoms with Gasteiger partial charge in [-0.3, -0.25) is 0 Å². The Bertz CT molecular complexity index is 1400. The van der Waals surface area contributed by atoms with E-state index in [1.807, 2.05) is 6.07 Å². The van der Waals surface area contributed by atoms with Crippen LogP contribution in [0.5, 0.6) is 0 Å². The molecule has 170 valence electrons. The molecule has 0 fully saturated rings. The van der Waals surface area contributed by atoms with Crippen molar-refractivity contribution in [1.82, 2.24) is 0 Å². The van der Waals surface area contributed by atoms with E-state index in [2.05, 4.69) is 6.07 Å². The van der Waals surface area contributed by atoms with E-state index in [9.17, 15) is 33.2 Å². The van der Waals surface area contributed by atoms with Gasteiger partial charge in [0.05, 0.1) is 23.3 Å². The van der Waals surface area contributed by atoms with Crippen molar-refractivity contribution in [2.45, 2.75) is 43.4 Å². The first-order valence-electron chi connectivity index (χ1n) is 10.9. The Kier molecular flexibility index (Phi) is 5.19. The zero-order valence-corrected chi connectivity index (χ0v) is 17.8. The monoisotopic (exact) mass is 462 g/mol. The van der Waals surface area contributed by atoms with Crippen LogP contribution in [0.25, 0.3) is 11.1 Å². The lowest BCUT2D eigenvalue weighted by atomic mass is 9.74. The van der Waals surface area contributed by atoms with Crippen molar-refractivity contribution >= 4 is 0 Å². The minimum Gasteiger partial charge on any atom is -0.382 e. The average Bonchev–Trinajstić information content (AvgIpc) is 3.07. The third-order valence-electron chi connectivity index (χ3n) is 6.88. The molecule has 34 heavy (non-hydrogen) atoms. The molecule has 3 aromatic carbocycles. The molecule has 0 bridgehead atoms. The molecule has 0 saturated heterocycles. The largest absolute Gasteiger partial charge is 0.382 e. The maximum atomic E-state index is 14.8. The second kappa shape index (κ2) is 7.97. The number of benzene rings is 3. The summed E-state index contributed by atoms with van der Waals surface area (Å²) in [5.41, 5.74) is 2.10. The average molecular weight is 462 g/mol. The lowest BCUT2D eigenvalue weighted by Crippen LogP contribution is -2.22. The summed E-state index contributed by atoms with van der Waals surface area (Å²) in [5.74, 6) is -4.77. The van der Waals surface area contributed by atoms with E-state index in [1.54, 1.807) is 36.4 Å². The predicted molar refractivity (Wildman–Crippen MR) is 116 cm³/mol. The molecule has 0 radical (unpaired) electrons. The molecule has 0 aromatic heterocycles. The van der Waals surface area contributed by atoms with Gasteiger partial charge >= 0.3 is 0 Å². The number of halogens is 4. The van der Waals surface area contributed by atoms with E-state index < -0.39 is 36.4 Å². The number of rotatable bonds is 2. The van der Waals surface area contributed by atoms with Crippen LogP contribution in [0.3, 0.4) is 0 Å². The van der Waals surface area contributed by atoms with E-state index in [0.29, 0.717) is 22.3 Å². The van der Waals surface area contributed by atoms with Gasteiger partial charge in [-0.1, -0.05) is 30.3 Å². The van der Waals surface area contributed by atoms with Crippen molar-refractivity contribution in [2.24, 2.45) is 0 Å². The summed E-state index contributed by atoms with van der Waals surface area (Å²) in [6, 6.07) is 15.9. The van der Waals surface area contributed by atoms with Gasteiger partial charge in [0, 0.05) is 12.3 Å². The molecule has 0 heterocycles. The van der Waals surface area contributed by atoms with Crippen LogP contribution in [0.15, 0.2) is 48.5 Å². The van der Waals surface area contributed by atoms with Gasteiger partial charge in [-0.05, 0) is 70.0 Å². The number of nitrogens with zero attached hydrogens (tertiary/aromatic N) is 2. The zero-order chi connectivity index (χ0) is 24.2. The maximum Gasteiger partial charge on any atom is 0.281 e. The number of nitriles is 2. The number of hydrogen-bond acceptors (Lipinski definition) is 3. The Morgan fingerprint density at radius 3 is 2.35 bits per heavy atom. The first kappa shape index (κ1) is 22.1. The smallest absolute Gasteiger partial charge is 0.281 e. The van der Waals surface area contributed by atoms with Crippen LogP contribution in [0.1, 0.15) is 70.0 Å². The van der Waals surface area contributed by atoms with Crippen LogP contribution in [-0.2, 0) is 6.42 Å². The lowest BCUT2D eigenvalue weighted by molar-refractivity contribution is -0.0966. The fraction of sp³-hybridized carbons (Fsp3) is 0.259. The Morgan fingerprint density at radius 1 is 0.882 bits per heavy atom. The van der Waals surface area contributed by atoms with Crippen LogP contribution in [0.2, 0.25) is 0 Å². The normalized spacial score (nSPS) is 22.4. The van der Waals surface area contributed by atoms with Crippen LogP contribution in [0, 0.1) is 28.5 Å². The van der Waals surface area contributed by atoms with Gasteiger partial charge in [-0.2, -0.15) is 10.5 Å². The number of alkyl halides is 3. The van der Waals surface area contributed by atoms with Gasteiger partial charge in [-0.25, -0.2) is 17.6 Å². The summed E-state index contributed by atoms with van der Waals surface area (Å²) in [7, 11) is 0. The van der Waals surface area contributed by atoms with Crippen molar-refractivity contribution in [3.8, 4) is 23.3 Å². The second-order valence-corrected chi connectivity index (χ2v) is 8.76. The van der Waals surface area contributed by atoms with Gasteiger partial charge in [0.1, 0.15) is 18.1 Å². The lowest BCUT2D eigenvalue weighted by Gasteiger charge is -2.31. The topological polar surface area (TPSA) is 67.8 Å². The molecule has 0 saturated carbocycles. The minimum absolute atomic E-state index is 0.0275. The van der Waals surface area contributed by atoms with Crippen molar-refractivity contribution in [1.29, 1.82) is 10.5 Å². The first-order chi connectivity index (χ1) is 16.3.